The first kappa shape index (κ1) is 33.1. The van der Waals surface area contributed by atoms with Gasteiger partial charge in [-0.15, -0.1) is 34.8 Å². The molecule has 5 nitrogen and oxygen atoms in total. The van der Waals surface area contributed by atoms with Gasteiger partial charge in [-0.25, -0.2) is 9.97 Å². The van der Waals surface area contributed by atoms with Crippen LogP contribution in [0.25, 0.3) is 88.7 Å². The maximum atomic E-state index is 5.50. The standard InChI is InChI=1S/C47H35N5.Pt/c1-29-38(47(2,3)4)26-27-48-45(29)52-40-22-11-9-17-34(40)35-25-24-30(28-42(35)52)32-18-13-23-41-44(32)50-46(51(41)31-14-6-5-7-15-31)37-20-12-19-36-33-16-8-10-21-39(33)49-43(36)37;/h5-27H,1-4H3;/q-2;+2. The molecular formula is C47H35N5Pt. The average molecular weight is 865 g/mol. The SMILES string of the molecule is Cc1c(C(C)(C)C)ccnc1-n1c2[c-]c(-c3cccc4c3nc(-c3cccc5c3[n-]c3ccccc35)n4-c3ccccc3)ccc2c2ccccc21.[Pt+2]. The number of hydrogen-bond acceptors (Lipinski definition) is 2. The van der Waals surface area contributed by atoms with Gasteiger partial charge in [0.25, 0.3) is 0 Å². The van der Waals surface area contributed by atoms with Crippen molar-refractivity contribution in [2.75, 3.05) is 0 Å². The van der Waals surface area contributed by atoms with Crippen molar-refractivity contribution in [2.45, 2.75) is 33.1 Å². The number of rotatable bonds is 4. The van der Waals surface area contributed by atoms with Gasteiger partial charge < -0.3 is 9.55 Å². The molecule has 0 atom stereocenters. The van der Waals surface area contributed by atoms with E-state index in [1.165, 1.54) is 16.5 Å². The molecular weight excluding hydrogens is 830 g/mol. The molecule has 6 aromatic carbocycles. The molecule has 53 heavy (non-hydrogen) atoms. The monoisotopic (exact) mass is 864 g/mol. The summed E-state index contributed by atoms with van der Waals surface area (Å²) in [5.41, 5.74) is 12.5. The Kier molecular flexibility index (Phi) is 7.76. The van der Waals surface area contributed by atoms with E-state index in [9.17, 15) is 0 Å². The minimum Gasteiger partial charge on any atom is -0.656 e. The fourth-order valence-electron chi connectivity index (χ4n) is 8.15. The van der Waals surface area contributed by atoms with Crippen LogP contribution in [0.3, 0.4) is 0 Å². The Labute approximate surface area is 322 Å². The number of hydrogen-bond donors (Lipinski definition) is 0. The van der Waals surface area contributed by atoms with Crippen molar-refractivity contribution in [1.82, 2.24) is 24.1 Å². The molecule has 0 bridgehead atoms. The summed E-state index contributed by atoms with van der Waals surface area (Å²) in [6, 6.07) is 50.8. The summed E-state index contributed by atoms with van der Waals surface area (Å²) in [5, 5.41) is 4.61. The number of imidazole rings is 1. The number of fused-ring (bicyclic) bond motifs is 7. The normalized spacial score (nSPS) is 12.0. The summed E-state index contributed by atoms with van der Waals surface area (Å²) in [6.45, 7) is 8.97. The first-order valence-electron chi connectivity index (χ1n) is 17.8. The summed E-state index contributed by atoms with van der Waals surface area (Å²) in [4.78, 5) is 15.6. The van der Waals surface area contributed by atoms with Crippen LogP contribution in [0.4, 0.5) is 0 Å². The molecule has 258 valence electrons. The predicted molar refractivity (Wildman–Crippen MR) is 215 cm³/mol. The van der Waals surface area contributed by atoms with Gasteiger partial charge in [0.1, 0.15) is 11.6 Å². The first-order valence-corrected chi connectivity index (χ1v) is 17.8. The van der Waals surface area contributed by atoms with E-state index in [0.717, 1.165) is 83.3 Å². The van der Waals surface area contributed by atoms with Gasteiger partial charge in [-0.2, -0.15) is 0 Å². The van der Waals surface area contributed by atoms with E-state index in [1.807, 2.05) is 12.3 Å². The Morgan fingerprint density at radius 1 is 0.623 bits per heavy atom. The smallest absolute Gasteiger partial charge is 0.656 e. The molecule has 0 aliphatic rings. The maximum absolute atomic E-state index is 5.50. The molecule has 6 heteroatoms. The van der Waals surface area contributed by atoms with Crippen LogP contribution in [0.2, 0.25) is 0 Å². The second kappa shape index (κ2) is 12.4. The summed E-state index contributed by atoms with van der Waals surface area (Å²) in [7, 11) is 0. The zero-order chi connectivity index (χ0) is 35.1. The molecule has 0 saturated heterocycles. The molecule has 0 aliphatic carbocycles. The third-order valence-corrected chi connectivity index (χ3v) is 10.5. The van der Waals surface area contributed by atoms with Crippen molar-refractivity contribution < 1.29 is 21.1 Å². The molecule has 0 aliphatic heterocycles. The van der Waals surface area contributed by atoms with Crippen LogP contribution in [0.5, 0.6) is 0 Å². The second-order valence-electron chi connectivity index (χ2n) is 14.7. The van der Waals surface area contributed by atoms with Gasteiger partial charge in [0.2, 0.25) is 0 Å². The van der Waals surface area contributed by atoms with Crippen molar-refractivity contribution in [3.63, 3.8) is 0 Å². The minimum absolute atomic E-state index is 0. The Morgan fingerprint density at radius 3 is 2.15 bits per heavy atom. The summed E-state index contributed by atoms with van der Waals surface area (Å²) in [6.07, 6.45) is 1.94. The van der Waals surface area contributed by atoms with E-state index in [-0.39, 0.29) is 26.5 Å². The van der Waals surface area contributed by atoms with Crippen LogP contribution >= 0.6 is 0 Å². The van der Waals surface area contributed by atoms with Crippen molar-refractivity contribution in [1.29, 1.82) is 0 Å². The largest absolute Gasteiger partial charge is 2.00 e. The third-order valence-electron chi connectivity index (χ3n) is 10.5. The number of para-hydroxylation sites is 5. The molecule has 0 unspecified atom stereocenters. The Bertz CT molecular complexity index is 3010. The van der Waals surface area contributed by atoms with Crippen LogP contribution in [0.1, 0.15) is 31.9 Å². The molecule has 4 aromatic heterocycles. The minimum atomic E-state index is -0.0186. The van der Waals surface area contributed by atoms with Crippen molar-refractivity contribution >= 4 is 54.6 Å². The van der Waals surface area contributed by atoms with E-state index in [2.05, 4.69) is 170 Å². The fraction of sp³-hybridized carbons (Fsp3) is 0.106. The van der Waals surface area contributed by atoms with E-state index in [4.69, 9.17) is 15.0 Å². The van der Waals surface area contributed by atoms with Gasteiger partial charge in [-0.05, 0) is 75.5 Å². The van der Waals surface area contributed by atoms with Gasteiger partial charge in [0.15, 0.2) is 0 Å². The molecule has 0 radical (unpaired) electrons. The molecule has 0 saturated carbocycles. The van der Waals surface area contributed by atoms with E-state index in [1.54, 1.807) is 0 Å². The molecule has 0 fully saturated rings. The third kappa shape index (κ3) is 5.09. The molecule has 10 aromatic rings. The number of aromatic nitrogens is 5. The van der Waals surface area contributed by atoms with Crippen LogP contribution < -0.4 is 4.98 Å². The van der Waals surface area contributed by atoms with E-state index in [0.29, 0.717) is 0 Å². The van der Waals surface area contributed by atoms with Gasteiger partial charge >= 0.3 is 21.1 Å². The summed E-state index contributed by atoms with van der Waals surface area (Å²) in [5.74, 6) is 1.79. The Morgan fingerprint density at radius 2 is 1.32 bits per heavy atom. The van der Waals surface area contributed by atoms with Gasteiger partial charge in [0, 0.05) is 23.0 Å². The fourth-order valence-corrected chi connectivity index (χ4v) is 8.15. The maximum Gasteiger partial charge on any atom is 2.00 e. The number of pyridine rings is 1. The van der Waals surface area contributed by atoms with E-state index >= 15 is 0 Å². The number of nitrogens with zero attached hydrogens (tertiary/aromatic N) is 5. The van der Waals surface area contributed by atoms with E-state index < -0.39 is 0 Å². The van der Waals surface area contributed by atoms with Crippen LogP contribution in [-0.2, 0) is 26.5 Å². The van der Waals surface area contributed by atoms with Crippen LogP contribution in [0.15, 0.2) is 140 Å². The topological polar surface area (TPSA) is 49.7 Å². The second-order valence-corrected chi connectivity index (χ2v) is 14.7. The Balaban J connectivity index is 0.00000372. The van der Waals surface area contributed by atoms with Crippen molar-refractivity contribution in [3.8, 4) is 34.0 Å². The molecule has 0 amide bonds. The Hall–Kier alpha value is -5.77. The number of benzene rings is 6. The van der Waals surface area contributed by atoms with Crippen molar-refractivity contribution in [2.24, 2.45) is 0 Å². The predicted octanol–water partition coefficient (Wildman–Crippen LogP) is 11.5. The zero-order valence-electron chi connectivity index (χ0n) is 29.8. The summed E-state index contributed by atoms with van der Waals surface area (Å²) < 4.78 is 4.56. The van der Waals surface area contributed by atoms with Crippen molar-refractivity contribution in [3.05, 3.63) is 157 Å². The molecule has 4 heterocycles. The zero-order valence-corrected chi connectivity index (χ0v) is 32.1. The van der Waals surface area contributed by atoms with Gasteiger partial charge in [-0.1, -0.05) is 123 Å². The molecule has 10 rings (SSSR count). The first-order chi connectivity index (χ1) is 25.4. The molecule has 0 N–H and O–H groups in total. The van der Waals surface area contributed by atoms with Gasteiger partial charge in [-0.3, -0.25) is 4.57 Å². The van der Waals surface area contributed by atoms with Crippen LogP contribution in [-0.4, -0.2) is 19.1 Å². The quantitative estimate of drug-likeness (QED) is 0.166. The molecule has 0 spiro atoms. The van der Waals surface area contributed by atoms with Crippen LogP contribution in [0, 0.1) is 13.0 Å². The summed E-state index contributed by atoms with van der Waals surface area (Å²) >= 11 is 0. The van der Waals surface area contributed by atoms with Gasteiger partial charge in [0.05, 0.1) is 11.0 Å². The average Bonchev–Trinajstić information content (AvgIpc) is 3.84.